The second-order valence-corrected chi connectivity index (χ2v) is 4.75. The topological polar surface area (TPSA) is 55.3 Å². The summed E-state index contributed by atoms with van der Waals surface area (Å²) in [5, 5.41) is 0. The molecule has 0 bridgehead atoms. The highest BCUT2D eigenvalue weighted by Crippen LogP contribution is 2.21. The summed E-state index contributed by atoms with van der Waals surface area (Å²) in [6.45, 7) is 1.36. The van der Waals surface area contributed by atoms with E-state index >= 15 is 0 Å². The Kier molecular flexibility index (Phi) is 3.87. The molecule has 2 heterocycles. The van der Waals surface area contributed by atoms with Crippen LogP contribution < -0.4 is 0 Å². The van der Waals surface area contributed by atoms with E-state index in [1.54, 1.807) is 23.5 Å². The molecule has 1 unspecified atom stereocenters. The highest BCUT2D eigenvalue weighted by Gasteiger charge is 2.26. The molecular weight excluding hydrogens is 273 g/mol. The van der Waals surface area contributed by atoms with Gasteiger partial charge in [0, 0.05) is 24.5 Å². The molecule has 21 heavy (non-hydrogen) atoms. The van der Waals surface area contributed by atoms with Gasteiger partial charge in [0.2, 0.25) is 0 Å². The van der Waals surface area contributed by atoms with Crippen LogP contribution >= 0.6 is 0 Å². The van der Waals surface area contributed by atoms with E-state index in [1.165, 1.54) is 24.3 Å². The number of ether oxygens (including phenoxy) is 1. The van der Waals surface area contributed by atoms with Gasteiger partial charge in [0.25, 0.3) is 5.91 Å². The van der Waals surface area contributed by atoms with Crippen LogP contribution in [-0.2, 0) is 4.74 Å². The monoisotopic (exact) mass is 287 g/mol. The minimum atomic E-state index is -0.356. The Balaban J connectivity index is 1.74. The molecule has 0 radical (unpaired) electrons. The SMILES string of the molecule is O=C(c1ccc(F)cc1)N1CCOC(c2cnccn2)C1. The highest BCUT2D eigenvalue weighted by atomic mass is 19.1. The molecule has 1 atom stereocenters. The van der Waals surface area contributed by atoms with Crippen LogP contribution in [0.3, 0.4) is 0 Å². The Labute approximate surface area is 121 Å². The van der Waals surface area contributed by atoms with E-state index in [0.29, 0.717) is 31.0 Å². The minimum absolute atomic E-state index is 0.132. The fourth-order valence-electron chi connectivity index (χ4n) is 2.26. The molecule has 0 saturated carbocycles. The van der Waals surface area contributed by atoms with Gasteiger partial charge in [-0.1, -0.05) is 0 Å². The van der Waals surface area contributed by atoms with Crippen molar-refractivity contribution in [2.75, 3.05) is 19.7 Å². The molecule has 1 aromatic heterocycles. The first-order valence-electron chi connectivity index (χ1n) is 6.66. The molecule has 0 aliphatic carbocycles. The van der Waals surface area contributed by atoms with Crippen molar-refractivity contribution in [3.63, 3.8) is 0 Å². The molecule has 1 fully saturated rings. The maximum absolute atomic E-state index is 12.9. The molecule has 1 amide bonds. The smallest absolute Gasteiger partial charge is 0.254 e. The van der Waals surface area contributed by atoms with Crippen LogP contribution in [0.5, 0.6) is 0 Å². The maximum Gasteiger partial charge on any atom is 0.254 e. The number of rotatable bonds is 2. The van der Waals surface area contributed by atoms with Gasteiger partial charge < -0.3 is 9.64 Å². The normalized spacial score (nSPS) is 18.5. The van der Waals surface area contributed by atoms with E-state index in [0.717, 1.165) is 0 Å². The van der Waals surface area contributed by atoms with Crippen molar-refractivity contribution in [1.82, 2.24) is 14.9 Å². The summed E-state index contributed by atoms with van der Waals surface area (Å²) in [4.78, 5) is 22.3. The number of morpholine rings is 1. The number of aromatic nitrogens is 2. The highest BCUT2D eigenvalue weighted by molar-refractivity contribution is 5.94. The van der Waals surface area contributed by atoms with Crippen LogP contribution in [-0.4, -0.2) is 40.5 Å². The summed E-state index contributed by atoms with van der Waals surface area (Å²) in [5.74, 6) is -0.488. The van der Waals surface area contributed by atoms with Crippen LogP contribution in [0.25, 0.3) is 0 Å². The van der Waals surface area contributed by atoms with Crippen molar-refractivity contribution >= 4 is 5.91 Å². The lowest BCUT2D eigenvalue weighted by molar-refractivity contribution is -0.0249. The zero-order valence-electron chi connectivity index (χ0n) is 11.3. The van der Waals surface area contributed by atoms with Gasteiger partial charge in [-0.3, -0.25) is 14.8 Å². The van der Waals surface area contributed by atoms with E-state index in [4.69, 9.17) is 4.74 Å². The van der Waals surface area contributed by atoms with Crippen LogP contribution in [0.4, 0.5) is 4.39 Å². The number of hydrogen-bond acceptors (Lipinski definition) is 4. The summed E-state index contributed by atoms with van der Waals surface area (Å²) < 4.78 is 18.6. The third-order valence-corrected chi connectivity index (χ3v) is 3.36. The van der Waals surface area contributed by atoms with E-state index < -0.39 is 0 Å². The molecule has 0 spiro atoms. The van der Waals surface area contributed by atoms with E-state index in [2.05, 4.69) is 9.97 Å². The summed E-state index contributed by atoms with van der Waals surface area (Å²) in [5.41, 5.74) is 1.17. The molecule has 0 N–H and O–H groups in total. The van der Waals surface area contributed by atoms with Gasteiger partial charge in [0.15, 0.2) is 0 Å². The average molecular weight is 287 g/mol. The van der Waals surface area contributed by atoms with Crippen molar-refractivity contribution in [3.8, 4) is 0 Å². The lowest BCUT2D eigenvalue weighted by Crippen LogP contribution is -2.42. The van der Waals surface area contributed by atoms with Gasteiger partial charge in [0.05, 0.1) is 25.0 Å². The van der Waals surface area contributed by atoms with E-state index in [9.17, 15) is 9.18 Å². The summed E-state index contributed by atoms with van der Waals surface area (Å²) in [7, 11) is 0. The maximum atomic E-state index is 12.9. The minimum Gasteiger partial charge on any atom is -0.368 e. The fraction of sp³-hybridized carbons (Fsp3) is 0.267. The van der Waals surface area contributed by atoms with Crippen molar-refractivity contribution < 1.29 is 13.9 Å². The Hall–Kier alpha value is -2.34. The summed E-state index contributed by atoms with van der Waals surface area (Å²) in [6.07, 6.45) is 4.54. The first-order chi connectivity index (χ1) is 10.2. The average Bonchev–Trinajstić information content (AvgIpc) is 2.56. The quantitative estimate of drug-likeness (QED) is 0.845. The van der Waals surface area contributed by atoms with Crippen LogP contribution in [0.15, 0.2) is 42.9 Å². The second-order valence-electron chi connectivity index (χ2n) is 4.75. The Morgan fingerprint density at radius 1 is 1.29 bits per heavy atom. The van der Waals surface area contributed by atoms with Crippen LogP contribution in [0.1, 0.15) is 22.2 Å². The number of hydrogen-bond donors (Lipinski definition) is 0. The lowest BCUT2D eigenvalue weighted by atomic mass is 10.1. The van der Waals surface area contributed by atoms with Crippen molar-refractivity contribution in [1.29, 1.82) is 0 Å². The van der Waals surface area contributed by atoms with Gasteiger partial charge in [-0.05, 0) is 24.3 Å². The van der Waals surface area contributed by atoms with E-state index in [1.807, 2.05) is 0 Å². The Morgan fingerprint density at radius 3 is 2.81 bits per heavy atom. The predicted molar refractivity (Wildman–Crippen MR) is 73.0 cm³/mol. The molecule has 1 aliphatic heterocycles. The molecule has 108 valence electrons. The lowest BCUT2D eigenvalue weighted by Gasteiger charge is -2.32. The Bertz CT molecular complexity index is 619. The van der Waals surface area contributed by atoms with Gasteiger partial charge in [0.1, 0.15) is 11.9 Å². The zero-order valence-corrected chi connectivity index (χ0v) is 11.3. The largest absolute Gasteiger partial charge is 0.368 e. The summed E-state index contributed by atoms with van der Waals surface area (Å²) in [6, 6.07) is 5.55. The predicted octanol–water partition coefficient (Wildman–Crippen LogP) is 1.83. The van der Waals surface area contributed by atoms with Crippen molar-refractivity contribution in [3.05, 3.63) is 59.9 Å². The second kappa shape index (κ2) is 5.97. The summed E-state index contributed by atoms with van der Waals surface area (Å²) >= 11 is 0. The molecular formula is C15H14FN3O2. The number of benzene rings is 1. The van der Waals surface area contributed by atoms with Crippen LogP contribution in [0, 0.1) is 5.82 Å². The molecule has 1 saturated heterocycles. The number of amides is 1. The molecule has 6 heteroatoms. The zero-order chi connectivity index (χ0) is 14.7. The molecule has 2 aromatic rings. The number of carbonyl (C=O) groups excluding carboxylic acids is 1. The van der Waals surface area contributed by atoms with E-state index in [-0.39, 0.29) is 17.8 Å². The van der Waals surface area contributed by atoms with Crippen LogP contribution in [0.2, 0.25) is 0 Å². The molecule has 1 aromatic carbocycles. The Morgan fingerprint density at radius 2 is 2.10 bits per heavy atom. The van der Waals surface area contributed by atoms with Gasteiger partial charge >= 0.3 is 0 Å². The molecule has 1 aliphatic rings. The first-order valence-corrected chi connectivity index (χ1v) is 6.66. The fourth-order valence-corrected chi connectivity index (χ4v) is 2.26. The third kappa shape index (κ3) is 3.05. The molecule has 3 rings (SSSR count). The van der Waals surface area contributed by atoms with Gasteiger partial charge in [-0.15, -0.1) is 0 Å². The number of halogens is 1. The van der Waals surface area contributed by atoms with Crippen molar-refractivity contribution in [2.45, 2.75) is 6.10 Å². The number of nitrogens with zero attached hydrogens (tertiary/aromatic N) is 3. The van der Waals surface area contributed by atoms with Gasteiger partial charge in [-0.25, -0.2) is 4.39 Å². The standard InChI is InChI=1S/C15H14FN3O2/c16-12-3-1-11(2-4-12)15(20)19-7-8-21-14(10-19)13-9-17-5-6-18-13/h1-6,9,14H,7-8,10H2. The van der Waals surface area contributed by atoms with Gasteiger partial charge in [-0.2, -0.15) is 0 Å². The first kappa shape index (κ1) is 13.6. The molecule has 5 nitrogen and oxygen atoms in total. The number of carbonyl (C=O) groups is 1. The third-order valence-electron chi connectivity index (χ3n) is 3.36. The van der Waals surface area contributed by atoms with Crippen molar-refractivity contribution in [2.24, 2.45) is 0 Å².